The zero-order chi connectivity index (χ0) is 27.3. The Labute approximate surface area is 209 Å². The van der Waals surface area contributed by atoms with Crippen LogP contribution >= 0.6 is 0 Å². The van der Waals surface area contributed by atoms with Crippen LogP contribution in [0.15, 0.2) is 18.2 Å². The summed E-state index contributed by atoms with van der Waals surface area (Å²) in [5.74, 6) is -7.66. The number of nitrogens with zero attached hydrogens (tertiary/aromatic N) is 1. The highest BCUT2D eigenvalue weighted by atomic mass is 19.3. The van der Waals surface area contributed by atoms with Crippen molar-refractivity contribution < 1.29 is 36.7 Å². The Balaban J connectivity index is 1.62. The lowest BCUT2D eigenvalue weighted by atomic mass is 9.72. The molecule has 12 heteroatoms. The highest BCUT2D eigenvalue weighted by Gasteiger charge is 2.62. The van der Waals surface area contributed by atoms with Gasteiger partial charge in [0, 0.05) is 43.4 Å². The molecular weight excluding hydrogens is 496 g/mol. The highest BCUT2D eigenvalue weighted by molar-refractivity contribution is 6.44. The van der Waals surface area contributed by atoms with Gasteiger partial charge in [0.2, 0.25) is 5.91 Å². The van der Waals surface area contributed by atoms with Gasteiger partial charge >= 0.3 is 0 Å². The second-order valence-corrected chi connectivity index (χ2v) is 9.51. The van der Waals surface area contributed by atoms with Gasteiger partial charge in [-0.1, -0.05) is 0 Å². The highest BCUT2D eigenvalue weighted by Crippen LogP contribution is 2.46. The van der Waals surface area contributed by atoms with Crippen LogP contribution in [0.25, 0.3) is 0 Å². The molecule has 0 saturated heterocycles. The lowest BCUT2D eigenvalue weighted by molar-refractivity contribution is -0.164. The van der Waals surface area contributed by atoms with E-state index in [1.807, 2.05) is 0 Å². The van der Waals surface area contributed by atoms with E-state index in [1.54, 1.807) is 4.57 Å². The minimum Gasteiger partial charge on any atom is -0.357 e. The average Bonchev–Trinajstić information content (AvgIpc) is 3.36. The number of alkyl halides is 3. The summed E-state index contributed by atoms with van der Waals surface area (Å²) in [4.78, 5) is 51.5. The zero-order valence-corrected chi connectivity index (χ0v) is 20.4. The van der Waals surface area contributed by atoms with Gasteiger partial charge < -0.3 is 20.5 Å². The third-order valence-corrected chi connectivity index (χ3v) is 6.88. The van der Waals surface area contributed by atoms with E-state index in [0.717, 1.165) is 13.0 Å². The number of likely N-dealkylation sites (N-methyl/N-ethyl adjacent to an activating group) is 1. The number of nitrogens with one attached hydrogen (secondary N) is 3. The summed E-state index contributed by atoms with van der Waals surface area (Å²) < 4.78 is 56.4. The number of hydrogen-bond acceptors (Lipinski definition) is 4. The monoisotopic (exact) mass is 522 g/mol. The van der Waals surface area contributed by atoms with E-state index in [0.29, 0.717) is 25.1 Å². The predicted molar refractivity (Wildman–Crippen MR) is 125 cm³/mol. The largest absolute Gasteiger partial charge is 0.357 e. The number of fused-ring (bicyclic) bond motifs is 1. The van der Waals surface area contributed by atoms with Crippen molar-refractivity contribution in [2.24, 2.45) is 0 Å². The molecule has 4 rings (SSSR count). The van der Waals surface area contributed by atoms with E-state index in [-0.39, 0.29) is 28.1 Å². The Kier molecular flexibility index (Phi) is 6.63. The van der Waals surface area contributed by atoms with Gasteiger partial charge in [-0.05, 0) is 50.5 Å². The topological polar surface area (TPSA) is 109 Å². The van der Waals surface area contributed by atoms with E-state index in [2.05, 4.69) is 16.0 Å². The number of anilines is 1. The molecule has 2 aromatic rings. The van der Waals surface area contributed by atoms with Crippen molar-refractivity contribution in [2.45, 2.75) is 63.7 Å². The van der Waals surface area contributed by atoms with Crippen molar-refractivity contribution in [3.05, 3.63) is 52.1 Å². The lowest BCUT2D eigenvalue weighted by Crippen LogP contribution is -2.69. The Morgan fingerprint density at radius 1 is 1.14 bits per heavy atom. The first-order chi connectivity index (χ1) is 17.3. The fraction of sp³-hybridized carbons (Fsp3) is 0.440. The fourth-order valence-corrected chi connectivity index (χ4v) is 5.19. The van der Waals surface area contributed by atoms with E-state index in [1.165, 1.54) is 26.1 Å². The summed E-state index contributed by atoms with van der Waals surface area (Å²) in [6.45, 7) is 3.03. The minimum absolute atomic E-state index is 0.0320. The molecule has 1 aliphatic carbocycles. The van der Waals surface area contributed by atoms with E-state index in [4.69, 9.17) is 0 Å². The molecule has 0 spiro atoms. The Morgan fingerprint density at radius 2 is 1.81 bits per heavy atom. The molecule has 1 fully saturated rings. The smallest absolute Gasteiger partial charge is 0.293 e. The van der Waals surface area contributed by atoms with Crippen LogP contribution < -0.4 is 16.0 Å². The summed E-state index contributed by atoms with van der Waals surface area (Å²) in [6, 6.07) is 3.48. The summed E-state index contributed by atoms with van der Waals surface area (Å²) in [6.07, 6.45) is -2.49. The van der Waals surface area contributed by atoms with Gasteiger partial charge in [0.1, 0.15) is 23.2 Å². The number of Topliss-reactive ketones (excluding diaryl/α,β-unsaturated/α-hetero) is 1. The molecule has 1 unspecified atom stereocenters. The van der Waals surface area contributed by atoms with Gasteiger partial charge in [-0.25, -0.2) is 17.6 Å². The number of hydrogen-bond donors (Lipinski definition) is 3. The molecule has 198 valence electrons. The molecule has 2 heterocycles. The van der Waals surface area contributed by atoms with Crippen LogP contribution in [0, 0.1) is 12.7 Å². The second-order valence-electron chi connectivity index (χ2n) is 9.51. The maximum atomic E-state index is 13.9. The summed E-state index contributed by atoms with van der Waals surface area (Å²) in [7, 11) is 1.24. The van der Waals surface area contributed by atoms with Gasteiger partial charge in [-0.2, -0.15) is 0 Å². The lowest BCUT2D eigenvalue weighted by Gasteiger charge is -2.45. The van der Waals surface area contributed by atoms with Gasteiger partial charge in [-0.3, -0.25) is 19.2 Å². The van der Waals surface area contributed by atoms with Crippen LogP contribution in [-0.2, 0) is 22.6 Å². The molecule has 37 heavy (non-hydrogen) atoms. The molecule has 2 aliphatic rings. The van der Waals surface area contributed by atoms with Crippen LogP contribution in [-0.4, -0.2) is 46.6 Å². The third kappa shape index (κ3) is 4.60. The van der Waals surface area contributed by atoms with Crippen molar-refractivity contribution in [3.63, 3.8) is 0 Å². The van der Waals surface area contributed by atoms with Crippen LogP contribution in [0.3, 0.4) is 0 Å². The van der Waals surface area contributed by atoms with E-state index >= 15 is 0 Å². The molecule has 0 bridgehead atoms. The van der Waals surface area contributed by atoms with Crippen molar-refractivity contribution in [1.29, 1.82) is 0 Å². The number of halogens is 4. The molecule has 8 nitrogen and oxygen atoms in total. The quantitative estimate of drug-likeness (QED) is 0.294. The number of benzene rings is 1. The van der Waals surface area contributed by atoms with E-state index in [9.17, 15) is 36.7 Å². The van der Waals surface area contributed by atoms with Crippen molar-refractivity contribution >= 4 is 29.2 Å². The molecular formula is C25H26F4N4O4. The molecule has 1 aliphatic heterocycles. The molecule has 1 aromatic carbocycles. The molecule has 3 N–H and O–H groups in total. The van der Waals surface area contributed by atoms with E-state index < -0.39 is 59.8 Å². The van der Waals surface area contributed by atoms with Crippen LogP contribution in [0.5, 0.6) is 0 Å². The number of ketones is 1. The minimum atomic E-state index is -3.15. The van der Waals surface area contributed by atoms with Crippen LogP contribution in [0.1, 0.15) is 70.0 Å². The number of carbonyl (C=O) groups is 4. The molecule has 1 saturated carbocycles. The van der Waals surface area contributed by atoms with Gasteiger partial charge in [0.05, 0.1) is 5.56 Å². The maximum absolute atomic E-state index is 13.9. The fourth-order valence-electron chi connectivity index (χ4n) is 5.19. The van der Waals surface area contributed by atoms with Crippen molar-refractivity contribution in [1.82, 2.24) is 15.2 Å². The van der Waals surface area contributed by atoms with Gasteiger partial charge in [0.25, 0.3) is 23.5 Å². The molecule has 3 amide bonds. The Hall–Kier alpha value is -3.70. The average molecular weight is 522 g/mol. The predicted octanol–water partition coefficient (Wildman–Crippen LogP) is 3.38. The SMILES string of the molecule is CNC(=O)C1(NC(=O)C(=O)c2c(C)c(C(=O)Nc3ccc(F)c(C(C)F)c3)n3c2CCC3)CC(F)(F)C1. The number of amides is 3. The summed E-state index contributed by atoms with van der Waals surface area (Å²) in [5.41, 5.74) is -1.30. The number of aromatic nitrogens is 1. The van der Waals surface area contributed by atoms with Gasteiger partial charge in [0.15, 0.2) is 0 Å². The second kappa shape index (κ2) is 9.31. The summed E-state index contributed by atoms with van der Waals surface area (Å²) in [5, 5.41) is 7.01. The first-order valence-electron chi connectivity index (χ1n) is 11.7. The maximum Gasteiger partial charge on any atom is 0.293 e. The number of rotatable bonds is 7. The standard InChI is InChI=1S/C25H26F4N4O4/c1-12-18(20(34)22(36)32-24(23(37)30-3)10-25(28,29)11-24)17-5-4-8-33(17)19(12)21(35)31-14-6-7-16(27)15(9-14)13(2)26/h6-7,9,13H,4-5,8,10-11H2,1-3H3,(H,30,37)(H,31,35)(H,32,36). The Morgan fingerprint density at radius 3 is 2.41 bits per heavy atom. The van der Waals surface area contributed by atoms with Crippen LogP contribution in [0.4, 0.5) is 23.2 Å². The summed E-state index contributed by atoms with van der Waals surface area (Å²) >= 11 is 0. The molecule has 1 atom stereocenters. The normalized spacial score (nSPS) is 17.8. The number of carbonyl (C=O) groups excluding carboxylic acids is 4. The first kappa shape index (κ1) is 26.4. The Bertz CT molecular complexity index is 1310. The first-order valence-corrected chi connectivity index (χ1v) is 11.7. The van der Waals surface area contributed by atoms with Crippen molar-refractivity contribution in [2.75, 3.05) is 12.4 Å². The molecule has 0 radical (unpaired) electrons. The van der Waals surface area contributed by atoms with Crippen molar-refractivity contribution in [3.8, 4) is 0 Å². The van der Waals surface area contributed by atoms with Gasteiger partial charge in [-0.15, -0.1) is 0 Å². The third-order valence-electron chi connectivity index (χ3n) is 6.88. The zero-order valence-electron chi connectivity index (χ0n) is 20.4. The molecule has 1 aromatic heterocycles. The van der Waals surface area contributed by atoms with Crippen LogP contribution in [0.2, 0.25) is 0 Å².